The normalized spacial score (nSPS) is 11.9. The summed E-state index contributed by atoms with van der Waals surface area (Å²) in [5, 5.41) is 0. The first kappa shape index (κ1) is 17.2. The minimum absolute atomic E-state index is 0.698. The van der Waals surface area contributed by atoms with E-state index < -0.39 is 7.37 Å². The van der Waals surface area contributed by atoms with Crippen LogP contribution < -0.4 is 0 Å². The lowest BCUT2D eigenvalue weighted by Crippen LogP contribution is -2.01. The summed E-state index contributed by atoms with van der Waals surface area (Å²) in [6.07, 6.45) is 11.0. The van der Waals surface area contributed by atoms with Gasteiger partial charge in [-0.3, -0.25) is 4.57 Å². The molecule has 0 aromatic heterocycles. The van der Waals surface area contributed by atoms with Crippen LogP contribution in [0.2, 0.25) is 0 Å². The van der Waals surface area contributed by atoms with Gasteiger partial charge in [-0.25, -0.2) is 0 Å². The molecule has 3 heteroatoms. The Balaban J connectivity index is 3.58. The number of hydrogen-bond acceptors (Lipinski definition) is 2. The van der Waals surface area contributed by atoms with Crippen LogP contribution in [0.15, 0.2) is 0 Å². The van der Waals surface area contributed by atoms with Crippen LogP contribution in [-0.2, 0) is 9.09 Å². The van der Waals surface area contributed by atoms with Crippen LogP contribution >= 0.6 is 7.37 Å². The van der Waals surface area contributed by atoms with Crippen molar-refractivity contribution in [1.29, 1.82) is 0 Å². The van der Waals surface area contributed by atoms with Crippen molar-refractivity contribution in [2.24, 2.45) is 0 Å². The summed E-state index contributed by atoms with van der Waals surface area (Å²) in [6.45, 7) is 7.09. The summed E-state index contributed by atoms with van der Waals surface area (Å²) >= 11 is 0. The van der Waals surface area contributed by atoms with Gasteiger partial charge < -0.3 is 4.52 Å². The molecule has 0 radical (unpaired) electrons. The molecule has 0 heterocycles. The lowest BCUT2D eigenvalue weighted by atomic mass is 10.1. The molecule has 0 fully saturated rings. The van der Waals surface area contributed by atoms with Gasteiger partial charge in [0.25, 0.3) is 0 Å². The molecule has 0 amide bonds. The fraction of sp³-hybridized carbons (Fsp3) is 1.00. The average molecular weight is 262 g/mol. The van der Waals surface area contributed by atoms with Crippen molar-refractivity contribution in [1.82, 2.24) is 0 Å². The molecule has 0 rings (SSSR count). The highest BCUT2D eigenvalue weighted by atomic mass is 31.2. The Morgan fingerprint density at radius 3 is 1.82 bits per heavy atom. The SMILES string of the molecule is CCCCCCCCOP(=O)(CCC)CCC. The van der Waals surface area contributed by atoms with Crippen LogP contribution in [-0.4, -0.2) is 18.9 Å². The molecule has 0 aromatic rings. The van der Waals surface area contributed by atoms with Crippen molar-refractivity contribution in [3.8, 4) is 0 Å². The zero-order chi connectivity index (χ0) is 13.0. The van der Waals surface area contributed by atoms with Gasteiger partial charge in [-0.15, -0.1) is 0 Å². The van der Waals surface area contributed by atoms with E-state index in [0.717, 1.165) is 31.6 Å². The molecule has 0 aliphatic heterocycles. The predicted molar refractivity (Wildman–Crippen MR) is 77.3 cm³/mol. The van der Waals surface area contributed by atoms with Crippen molar-refractivity contribution in [3.63, 3.8) is 0 Å². The number of rotatable bonds is 12. The summed E-state index contributed by atoms with van der Waals surface area (Å²) in [4.78, 5) is 0. The van der Waals surface area contributed by atoms with E-state index >= 15 is 0 Å². The molecule has 0 unspecified atom stereocenters. The quantitative estimate of drug-likeness (QED) is 0.345. The highest BCUT2D eigenvalue weighted by molar-refractivity contribution is 7.58. The van der Waals surface area contributed by atoms with Crippen molar-refractivity contribution >= 4 is 7.37 Å². The van der Waals surface area contributed by atoms with Gasteiger partial charge in [0.15, 0.2) is 0 Å². The van der Waals surface area contributed by atoms with E-state index in [1.165, 1.54) is 32.1 Å². The zero-order valence-corrected chi connectivity index (χ0v) is 12.9. The molecule has 0 aliphatic rings. The van der Waals surface area contributed by atoms with E-state index in [9.17, 15) is 4.57 Å². The van der Waals surface area contributed by atoms with Gasteiger partial charge >= 0.3 is 0 Å². The molecular weight excluding hydrogens is 231 g/mol. The highest BCUT2D eigenvalue weighted by Gasteiger charge is 2.19. The Kier molecular flexibility index (Phi) is 11.4. The van der Waals surface area contributed by atoms with Crippen molar-refractivity contribution in [2.45, 2.75) is 72.1 Å². The Morgan fingerprint density at radius 1 is 0.765 bits per heavy atom. The first-order valence-electron chi connectivity index (χ1n) is 7.41. The van der Waals surface area contributed by atoms with Crippen LogP contribution in [0.4, 0.5) is 0 Å². The van der Waals surface area contributed by atoms with Crippen LogP contribution in [0.25, 0.3) is 0 Å². The van der Waals surface area contributed by atoms with E-state index in [2.05, 4.69) is 20.8 Å². The summed E-state index contributed by atoms with van der Waals surface area (Å²) < 4.78 is 18.0. The molecule has 0 aliphatic carbocycles. The summed E-state index contributed by atoms with van der Waals surface area (Å²) in [5.41, 5.74) is 0. The lowest BCUT2D eigenvalue weighted by Gasteiger charge is -2.17. The van der Waals surface area contributed by atoms with Crippen molar-refractivity contribution < 1.29 is 9.09 Å². The first-order valence-corrected chi connectivity index (χ1v) is 9.40. The Hall–Kier alpha value is 0.190. The topological polar surface area (TPSA) is 26.3 Å². The van der Waals surface area contributed by atoms with Gasteiger partial charge in [-0.1, -0.05) is 52.9 Å². The fourth-order valence-corrected chi connectivity index (χ4v) is 4.34. The molecule has 0 bridgehead atoms. The molecule has 0 N–H and O–H groups in total. The molecule has 17 heavy (non-hydrogen) atoms. The van der Waals surface area contributed by atoms with E-state index in [0.29, 0.717) is 6.61 Å². The maximum Gasteiger partial charge on any atom is 0.203 e. The lowest BCUT2D eigenvalue weighted by molar-refractivity contribution is 0.301. The molecule has 0 saturated carbocycles. The van der Waals surface area contributed by atoms with E-state index in [-0.39, 0.29) is 0 Å². The van der Waals surface area contributed by atoms with Crippen LogP contribution in [0.3, 0.4) is 0 Å². The zero-order valence-electron chi connectivity index (χ0n) is 12.0. The van der Waals surface area contributed by atoms with Crippen LogP contribution in [0, 0.1) is 0 Å². The van der Waals surface area contributed by atoms with Gasteiger partial charge in [0.1, 0.15) is 0 Å². The minimum Gasteiger partial charge on any atom is -0.328 e. The van der Waals surface area contributed by atoms with E-state index in [4.69, 9.17) is 4.52 Å². The Morgan fingerprint density at radius 2 is 1.29 bits per heavy atom. The van der Waals surface area contributed by atoms with Gasteiger partial charge in [0, 0.05) is 12.3 Å². The minimum atomic E-state index is -2.28. The van der Waals surface area contributed by atoms with Crippen molar-refractivity contribution in [3.05, 3.63) is 0 Å². The second-order valence-corrected chi connectivity index (χ2v) is 7.64. The first-order chi connectivity index (χ1) is 8.18. The molecule has 0 atom stereocenters. The monoisotopic (exact) mass is 262 g/mol. The maximum atomic E-state index is 12.3. The molecule has 2 nitrogen and oxygen atoms in total. The second-order valence-electron chi connectivity index (χ2n) is 4.86. The molecule has 104 valence electrons. The van der Waals surface area contributed by atoms with Gasteiger partial charge in [-0.2, -0.15) is 0 Å². The summed E-state index contributed by atoms with van der Waals surface area (Å²) in [6, 6.07) is 0. The second kappa shape index (κ2) is 11.3. The Bertz CT molecular complexity index is 194. The predicted octanol–water partition coefficient (Wildman–Crippen LogP) is 5.46. The van der Waals surface area contributed by atoms with Crippen molar-refractivity contribution in [2.75, 3.05) is 18.9 Å². The summed E-state index contributed by atoms with van der Waals surface area (Å²) in [5.74, 6) is 0. The van der Waals surface area contributed by atoms with Gasteiger partial charge in [0.05, 0.1) is 6.61 Å². The Labute approximate surface area is 108 Å². The standard InChI is InChI=1S/C14H31O2P/c1-4-7-8-9-10-11-12-16-17(15,13-5-2)14-6-3/h4-14H2,1-3H3. The van der Waals surface area contributed by atoms with E-state index in [1.807, 2.05) is 0 Å². The molecular formula is C14H31O2P. The molecule has 0 saturated heterocycles. The van der Waals surface area contributed by atoms with Gasteiger partial charge in [0.2, 0.25) is 7.37 Å². The smallest absolute Gasteiger partial charge is 0.203 e. The maximum absolute atomic E-state index is 12.3. The molecule has 0 aromatic carbocycles. The highest BCUT2D eigenvalue weighted by Crippen LogP contribution is 2.48. The largest absolute Gasteiger partial charge is 0.328 e. The average Bonchev–Trinajstić information content (AvgIpc) is 2.28. The summed E-state index contributed by atoms with van der Waals surface area (Å²) in [7, 11) is -2.28. The molecule has 0 spiro atoms. The number of unbranched alkanes of at least 4 members (excludes halogenated alkanes) is 5. The third kappa shape index (κ3) is 9.85. The third-order valence-corrected chi connectivity index (χ3v) is 5.86. The van der Waals surface area contributed by atoms with Gasteiger partial charge in [-0.05, 0) is 19.3 Å². The van der Waals surface area contributed by atoms with Crippen LogP contribution in [0.5, 0.6) is 0 Å². The third-order valence-electron chi connectivity index (χ3n) is 2.95. The van der Waals surface area contributed by atoms with E-state index in [1.54, 1.807) is 0 Å². The van der Waals surface area contributed by atoms with Crippen LogP contribution in [0.1, 0.15) is 72.1 Å². The number of hydrogen-bond donors (Lipinski definition) is 0. The fourth-order valence-electron chi connectivity index (χ4n) is 2.04.